The number of nitrogens with zero attached hydrogens (tertiary/aromatic N) is 2. The summed E-state index contributed by atoms with van der Waals surface area (Å²) in [5, 5.41) is 10.5. The number of H-pyrrole nitrogens is 1. The van der Waals surface area contributed by atoms with Crippen molar-refractivity contribution >= 4 is 23.4 Å². The zero-order valence-corrected chi connectivity index (χ0v) is 16.8. The Bertz CT molecular complexity index is 1040. The van der Waals surface area contributed by atoms with E-state index in [4.69, 9.17) is 11.6 Å². The van der Waals surface area contributed by atoms with Crippen LogP contribution in [0, 0.1) is 5.82 Å². The highest BCUT2D eigenvalue weighted by Gasteiger charge is 2.26. The SMILES string of the molecule is O=C(NC1CCN(C(=O)c2cc(-c3ccc(F)cc3)n[nH]2)CC1)c1ccc(Cl)cc1. The Labute approximate surface area is 178 Å². The molecule has 2 N–H and O–H groups in total. The van der Waals surface area contributed by atoms with Crippen molar-refractivity contribution in [1.82, 2.24) is 20.4 Å². The first-order valence-electron chi connectivity index (χ1n) is 9.66. The molecule has 6 nitrogen and oxygen atoms in total. The molecule has 0 bridgehead atoms. The number of rotatable bonds is 4. The van der Waals surface area contributed by atoms with Crippen LogP contribution in [0.5, 0.6) is 0 Å². The molecule has 2 aromatic carbocycles. The molecule has 0 saturated carbocycles. The quantitative estimate of drug-likeness (QED) is 0.664. The van der Waals surface area contributed by atoms with E-state index in [1.165, 1.54) is 12.1 Å². The lowest BCUT2D eigenvalue weighted by atomic mass is 10.0. The second kappa shape index (κ2) is 8.67. The number of halogens is 2. The molecule has 8 heteroatoms. The third-order valence-electron chi connectivity index (χ3n) is 5.17. The van der Waals surface area contributed by atoms with Gasteiger partial charge in [-0.15, -0.1) is 0 Å². The average Bonchev–Trinajstić information content (AvgIpc) is 3.25. The second-order valence-corrected chi connectivity index (χ2v) is 7.66. The molecule has 1 aliphatic heterocycles. The number of aromatic amines is 1. The number of carbonyl (C=O) groups excluding carboxylic acids is 2. The van der Waals surface area contributed by atoms with Gasteiger partial charge in [0, 0.05) is 35.3 Å². The molecule has 0 aliphatic carbocycles. The van der Waals surface area contributed by atoms with Crippen LogP contribution in [0.15, 0.2) is 54.6 Å². The molecule has 1 saturated heterocycles. The van der Waals surface area contributed by atoms with E-state index in [-0.39, 0.29) is 23.7 Å². The van der Waals surface area contributed by atoms with Crippen molar-refractivity contribution in [1.29, 1.82) is 0 Å². The number of nitrogens with one attached hydrogen (secondary N) is 2. The molecule has 0 radical (unpaired) electrons. The monoisotopic (exact) mass is 426 g/mol. The Kier molecular flexibility index (Phi) is 5.81. The Morgan fingerprint density at radius 1 is 1.07 bits per heavy atom. The van der Waals surface area contributed by atoms with Gasteiger partial charge in [0.2, 0.25) is 0 Å². The van der Waals surface area contributed by atoms with Crippen LogP contribution in [-0.4, -0.2) is 46.0 Å². The van der Waals surface area contributed by atoms with E-state index >= 15 is 0 Å². The van der Waals surface area contributed by atoms with Gasteiger partial charge in [0.15, 0.2) is 0 Å². The zero-order chi connectivity index (χ0) is 21.1. The number of aromatic nitrogens is 2. The lowest BCUT2D eigenvalue weighted by Crippen LogP contribution is -2.46. The van der Waals surface area contributed by atoms with Gasteiger partial charge in [0.1, 0.15) is 11.5 Å². The summed E-state index contributed by atoms with van der Waals surface area (Å²) in [4.78, 5) is 26.9. The van der Waals surface area contributed by atoms with Gasteiger partial charge in [-0.2, -0.15) is 5.10 Å². The summed E-state index contributed by atoms with van der Waals surface area (Å²) in [6.45, 7) is 1.07. The number of hydrogen-bond acceptors (Lipinski definition) is 3. The number of carbonyl (C=O) groups is 2. The van der Waals surface area contributed by atoms with Crippen LogP contribution in [-0.2, 0) is 0 Å². The molecule has 0 atom stereocenters. The molecule has 0 unspecified atom stereocenters. The number of likely N-dealkylation sites (tertiary alicyclic amines) is 1. The fourth-order valence-corrected chi connectivity index (χ4v) is 3.59. The largest absolute Gasteiger partial charge is 0.349 e. The van der Waals surface area contributed by atoms with E-state index in [1.54, 1.807) is 47.4 Å². The summed E-state index contributed by atoms with van der Waals surface area (Å²) in [7, 11) is 0. The van der Waals surface area contributed by atoms with E-state index in [2.05, 4.69) is 15.5 Å². The predicted octanol–water partition coefficient (Wildman–Crippen LogP) is 3.90. The van der Waals surface area contributed by atoms with Crippen molar-refractivity contribution in [2.45, 2.75) is 18.9 Å². The van der Waals surface area contributed by atoms with Crippen LogP contribution in [0.1, 0.15) is 33.7 Å². The molecular formula is C22H20ClFN4O2. The van der Waals surface area contributed by atoms with Crippen LogP contribution in [0.4, 0.5) is 4.39 Å². The van der Waals surface area contributed by atoms with Gasteiger partial charge >= 0.3 is 0 Å². The van der Waals surface area contributed by atoms with Gasteiger partial charge in [0.05, 0.1) is 5.69 Å². The first-order valence-corrected chi connectivity index (χ1v) is 10.0. The molecular weight excluding hydrogens is 407 g/mol. The maximum absolute atomic E-state index is 13.1. The van der Waals surface area contributed by atoms with Crippen LogP contribution in [0.25, 0.3) is 11.3 Å². The lowest BCUT2D eigenvalue weighted by Gasteiger charge is -2.32. The van der Waals surface area contributed by atoms with Gasteiger partial charge in [-0.1, -0.05) is 11.6 Å². The maximum atomic E-state index is 13.1. The smallest absolute Gasteiger partial charge is 0.271 e. The highest BCUT2D eigenvalue weighted by molar-refractivity contribution is 6.30. The molecule has 4 rings (SSSR count). The molecule has 154 valence electrons. The lowest BCUT2D eigenvalue weighted by molar-refractivity contribution is 0.0692. The van der Waals surface area contributed by atoms with E-state index in [1.807, 2.05) is 0 Å². The topological polar surface area (TPSA) is 78.1 Å². The molecule has 3 aromatic rings. The molecule has 2 amide bonds. The average molecular weight is 427 g/mol. The van der Waals surface area contributed by atoms with Crippen LogP contribution in [0.3, 0.4) is 0 Å². The minimum absolute atomic E-state index is 0.00812. The second-order valence-electron chi connectivity index (χ2n) is 7.22. The van der Waals surface area contributed by atoms with E-state index in [0.29, 0.717) is 47.9 Å². The fourth-order valence-electron chi connectivity index (χ4n) is 3.47. The first kappa shape index (κ1) is 20.1. The normalized spacial score (nSPS) is 14.5. The van der Waals surface area contributed by atoms with Crippen molar-refractivity contribution in [3.05, 3.63) is 76.7 Å². The van der Waals surface area contributed by atoms with E-state index < -0.39 is 0 Å². The summed E-state index contributed by atoms with van der Waals surface area (Å²) < 4.78 is 13.1. The minimum atomic E-state index is -0.323. The summed E-state index contributed by atoms with van der Waals surface area (Å²) >= 11 is 5.86. The van der Waals surface area contributed by atoms with Crippen molar-refractivity contribution in [3.63, 3.8) is 0 Å². The van der Waals surface area contributed by atoms with Crippen molar-refractivity contribution in [2.24, 2.45) is 0 Å². The van der Waals surface area contributed by atoms with Gasteiger partial charge in [-0.25, -0.2) is 4.39 Å². The van der Waals surface area contributed by atoms with Gasteiger partial charge in [-0.3, -0.25) is 14.7 Å². The number of amides is 2. The van der Waals surface area contributed by atoms with Gasteiger partial charge in [0.25, 0.3) is 11.8 Å². The highest BCUT2D eigenvalue weighted by Crippen LogP contribution is 2.20. The summed E-state index contributed by atoms with van der Waals surface area (Å²) in [6, 6.07) is 14.4. The zero-order valence-electron chi connectivity index (χ0n) is 16.1. The summed E-state index contributed by atoms with van der Waals surface area (Å²) in [5.74, 6) is -0.607. The third kappa shape index (κ3) is 4.52. The fraction of sp³-hybridized carbons (Fsp3) is 0.227. The molecule has 30 heavy (non-hydrogen) atoms. The van der Waals surface area contributed by atoms with Gasteiger partial charge in [-0.05, 0) is 67.4 Å². The van der Waals surface area contributed by atoms with E-state index in [9.17, 15) is 14.0 Å². The van der Waals surface area contributed by atoms with Gasteiger partial charge < -0.3 is 10.2 Å². The van der Waals surface area contributed by atoms with Crippen molar-refractivity contribution in [2.75, 3.05) is 13.1 Å². The number of piperidine rings is 1. The Morgan fingerprint density at radius 3 is 2.40 bits per heavy atom. The third-order valence-corrected chi connectivity index (χ3v) is 5.42. The molecule has 0 spiro atoms. The summed E-state index contributed by atoms with van der Waals surface area (Å²) in [6.07, 6.45) is 1.34. The Balaban J connectivity index is 1.33. The minimum Gasteiger partial charge on any atom is -0.349 e. The van der Waals surface area contributed by atoms with Crippen LogP contribution < -0.4 is 5.32 Å². The first-order chi connectivity index (χ1) is 14.5. The Morgan fingerprint density at radius 2 is 1.73 bits per heavy atom. The van der Waals surface area contributed by atoms with Crippen LogP contribution >= 0.6 is 11.6 Å². The Hall–Kier alpha value is -3.19. The summed E-state index contributed by atoms with van der Waals surface area (Å²) in [5.41, 5.74) is 2.26. The number of benzene rings is 2. The van der Waals surface area contributed by atoms with E-state index in [0.717, 1.165) is 5.56 Å². The maximum Gasteiger partial charge on any atom is 0.271 e. The van der Waals surface area contributed by atoms with Crippen LogP contribution in [0.2, 0.25) is 5.02 Å². The number of hydrogen-bond donors (Lipinski definition) is 2. The standard InChI is InChI=1S/C22H20ClFN4O2/c23-16-5-1-15(2-6-16)21(29)25-18-9-11-28(12-10-18)22(30)20-13-19(26-27-20)14-3-7-17(24)8-4-14/h1-8,13,18H,9-12H2,(H,25,29)(H,26,27). The highest BCUT2D eigenvalue weighted by atomic mass is 35.5. The molecule has 1 aliphatic rings. The molecule has 1 aromatic heterocycles. The molecule has 2 heterocycles. The van der Waals surface area contributed by atoms with Crippen molar-refractivity contribution < 1.29 is 14.0 Å². The van der Waals surface area contributed by atoms with Crippen molar-refractivity contribution in [3.8, 4) is 11.3 Å². The predicted molar refractivity (Wildman–Crippen MR) is 112 cm³/mol. The molecule has 1 fully saturated rings.